The predicted molar refractivity (Wildman–Crippen MR) is 121 cm³/mol. The molecule has 3 rings (SSSR count). The van der Waals surface area contributed by atoms with E-state index >= 15 is 0 Å². The average Bonchev–Trinajstić information content (AvgIpc) is 3.02. The Morgan fingerprint density at radius 3 is 2.69 bits per heavy atom. The van der Waals surface area contributed by atoms with Crippen molar-refractivity contribution in [2.75, 3.05) is 33.2 Å². The van der Waals surface area contributed by atoms with E-state index in [1.807, 2.05) is 31.4 Å². The summed E-state index contributed by atoms with van der Waals surface area (Å²) in [6, 6.07) is 8.11. The van der Waals surface area contributed by atoms with Crippen LogP contribution in [0.15, 0.2) is 35.5 Å². The third-order valence-corrected chi connectivity index (χ3v) is 5.39. The number of aromatic nitrogens is 1. The number of thiazole rings is 1. The van der Waals surface area contributed by atoms with Crippen molar-refractivity contribution in [3.05, 3.63) is 50.9 Å². The zero-order valence-electron chi connectivity index (χ0n) is 15.1. The molecule has 2 heterocycles. The summed E-state index contributed by atoms with van der Waals surface area (Å²) in [5, 5.41) is 5.33. The second-order valence-corrected chi connectivity index (χ2v) is 7.91. The minimum Gasteiger partial charge on any atom is -0.350 e. The van der Waals surface area contributed by atoms with Crippen LogP contribution in [0.2, 0.25) is 5.02 Å². The van der Waals surface area contributed by atoms with Crippen LogP contribution in [-0.2, 0) is 13.1 Å². The van der Waals surface area contributed by atoms with Gasteiger partial charge in [0.2, 0.25) is 0 Å². The molecule has 2 aromatic rings. The first-order valence-corrected chi connectivity index (χ1v) is 9.67. The fourth-order valence-corrected chi connectivity index (χ4v) is 3.92. The number of aliphatic imine (C=N–C) groups is 1. The molecule has 26 heavy (non-hydrogen) atoms. The lowest BCUT2D eigenvalue weighted by molar-refractivity contribution is 0.172. The fourth-order valence-electron chi connectivity index (χ4n) is 2.98. The quantitative estimate of drug-likeness (QED) is 0.392. The Hall–Kier alpha value is -0.900. The molecule has 0 bridgehead atoms. The molecule has 0 radical (unpaired) electrons. The largest absolute Gasteiger partial charge is 0.350 e. The molecule has 0 amide bonds. The molecule has 0 aliphatic carbocycles. The van der Waals surface area contributed by atoms with Crippen LogP contribution in [0.4, 0.5) is 0 Å². The summed E-state index contributed by atoms with van der Waals surface area (Å²) in [5.41, 5.74) is 1.27. The van der Waals surface area contributed by atoms with Gasteiger partial charge in [-0.3, -0.25) is 9.89 Å². The van der Waals surface area contributed by atoms with Gasteiger partial charge >= 0.3 is 0 Å². The van der Waals surface area contributed by atoms with E-state index in [1.54, 1.807) is 11.3 Å². The Balaban J connectivity index is 0.00000243. The summed E-state index contributed by atoms with van der Waals surface area (Å²) >= 11 is 7.80. The Morgan fingerprint density at radius 2 is 2.08 bits per heavy atom. The molecule has 0 atom stereocenters. The molecule has 1 aliphatic rings. The normalized spacial score (nSPS) is 15.7. The van der Waals surface area contributed by atoms with Crippen molar-refractivity contribution in [1.29, 1.82) is 0 Å². The van der Waals surface area contributed by atoms with E-state index in [1.165, 1.54) is 10.4 Å². The van der Waals surface area contributed by atoms with Crippen LogP contribution in [0, 0.1) is 6.92 Å². The number of aryl methyl sites for hydroxylation is 1. The standard InChI is InChI=1S/C18H24ClN5S.HI/c1-14-11-21-17(25-14)12-22-18(20-2)24-8-6-23(7-9-24)13-15-4-3-5-16(19)10-15;/h3-5,10-11H,6-9,12-13H2,1-2H3,(H,20,22);1H. The first kappa shape index (κ1) is 21.4. The average molecular weight is 506 g/mol. The van der Waals surface area contributed by atoms with E-state index in [0.717, 1.165) is 55.3 Å². The monoisotopic (exact) mass is 505 g/mol. The summed E-state index contributed by atoms with van der Waals surface area (Å²) in [6.07, 6.45) is 1.92. The Bertz CT molecular complexity index is 728. The topological polar surface area (TPSA) is 43.8 Å². The third kappa shape index (κ3) is 6.07. The van der Waals surface area contributed by atoms with E-state index in [-0.39, 0.29) is 24.0 Å². The van der Waals surface area contributed by atoms with Gasteiger partial charge in [-0.05, 0) is 24.6 Å². The zero-order valence-corrected chi connectivity index (χ0v) is 19.0. The smallest absolute Gasteiger partial charge is 0.194 e. The van der Waals surface area contributed by atoms with Gasteiger partial charge in [-0.15, -0.1) is 35.3 Å². The van der Waals surface area contributed by atoms with Crippen molar-refractivity contribution >= 4 is 52.9 Å². The number of hydrogen-bond acceptors (Lipinski definition) is 4. The molecule has 0 spiro atoms. The van der Waals surface area contributed by atoms with Gasteiger partial charge in [0, 0.05) is 55.9 Å². The van der Waals surface area contributed by atoms with Gasteiger partial charge in [0.05, 0.1) is 6.54 Å². The number of halogens is 2. The third-order valence-electron chi connectivity index (χ3n) is 4.25. The molecule has 142 valence electrons. The van der Waals surface area contributed by atoms with Crippen LogP contribution in [0.3, 0.4) is 0 Å². The van der Waals surface area contributed by atoms with Crippen molar-refractivity contribution in [1.82, 2.24) is 20.1 Å². The summed E-state index contributed by atoms with van der Waals surface area (Å²) in [7, 11) is 1.84. The van der Waals surface area contributed by atoms with Gasteiger partial charge in [-0.1, -0.05) is 23.7 Å². The first-order valence-electron chi connectivity index (χ1n) is 8.48. The van der Waals surface area contributed by atoms with Crippen molar-refractivity contribution in [3.63, 3.8) is 0 Å². The number of guanidine groups is 1. The SMILES string of the molecule is CN=C(NCc1ncc(C)s1)N1CCN(Cc2cccc(Cl)c2)CC1.I. The minimum absolute atomic E-state index is 0. The Labute approximate surface area is 181 Å². The number of rotatable bonds is 4. The second kappa shape index (κ2) is 10.4. The van der Waals surface area contributed by atoms with E-state index in [2.05, 4.69) is 38.1 Å². The number of benzene rings is 1. The van der Waals surface area contributed by atoms with Gasteiger partial charge in [-0.25, -0.2) is 4.98 Å². The van der Waals surface area contributed by atoms with E-state index in [9.17, 15) is 0 Å². The lowest BCUT2D eigenvalue weighted by Gasteiger charge is -2.36. The molecule has 0 saturated carbocycles. The lowest BCUT2D eigenvalue weighted by atomic mass is 10.2. The first-order chi connectivity index (χ1) is 12.1. The highest BCUT2D eigenvalue weighted by Gasteiger charge is 2.19. The maximum absolute atomic E-state index is 6.08. The zero-order chi connectivity index (χ0) is 17.6. The number of nitrogens with one attached hydrogen (secondary N) is 1. The maximum Gasteiger partial charge on any atom is 0.194 e. The van der Waals surface area contributed by atoms with Crippen molar-refractivity contribution < 1.29 is 0 Å². The molecule has 0 unspecified atom stereocenters. The number of hydrogen-bond donors (Lipinski definition) is 1. The van der Waals surface area contributed by atoms with Gasteiger partial charge in [0.25, 0.3) is 0 Å². The van der Waals surface area contributed by atoms with E-state index < -0.39 is 0 Å². The number of piperazine rings is 1. The van der Waals surface area contributed by atoms with Gasteiger partial charge in [-0.2, -0.15) is 0 Å². The summed E-state index contributed by atoms with van der Waals surface area (Å²) in [6.45, 7) is 7.73. The van der Waals surface area contributed by atoms with Crippen LogP contribution in [0.25, 0.3) is 0 Å². The molecule has 1 saturated heterocycles. The minimum atomic E-state index is 0. The van der Waals surface area contributed by atoms with Crippen LogP contribution in [0.1, 0.15) is 15.4 Å². The fraction of sp³-hybridized carbons (Fsp3) is 0.444. The predicted octanol–water partition coefficient (Wildman–Crippen LogP) is 3.62. The highest BCUT2D eigenvalue weighted by atomic mass is 127. The molecule has 1 aliphatic heterocycles. The van der Waals surface area contributed by atoms with E-state index in [0.29, 0.717) is 0 Å². The molecular formula is C18H25ClIN5S. The molecule has 1 fully saturated rings. The molecular weight excluding hydrogens is 481 g/mol. The molecule has 1 aromatic carbocycles. The van der Waals surface area contributed by atoms with Crippen LogP contribution < -0.4 is 5.32 Å². The Morgan fingerprint density at radius 1 is 1.31 bits per heavy atom. The van der Waals surface area contributed by atoms with Crippen molar-refractivity contribution in [3.8, 4) is 0 Å². The number of nitrogens with zero attached hydrogens (tertiary/aromatic N) is 4. The summed E-state index contributed by atoms with van der Waals surface area (Å²) in [4.78, 5) is 14.8. The van der Waals surface area contributed by atoms with Crippen molar-refractivity contribution in [2.45, 2.75) is 20.0 Å². The molecule has 1 N–H and O–H groups in total. The highest BCUT2D eigenvalue weighted by Crippen LogP contribution is 2.14. The molecule has 1 aromatic heterocycles. The summed E-state index contributed by atoms with van der Waals surface area (Å²) in [5.74, 6) is 0.954. The van der Waals surface area contributed by atoms with Gasteiger partial charge in [0.1, 0.15) is 5.01 Å². The highest BCUT2D eigenvalue weighted by molar-refractivity contribution is 14.0. The van der Waals surface area contributed by atoms with Crippen LogP contribution in [-0.4, -0.2) is 54.0 Å². The molecule has 8 heteroatoms. The van der Waals surface area contributed by atoms with Crippen LogP contribution >= 0.6 is 46.9 Å². The van der Waals surface area contributed by atoms with Gasteiger partial charge < -0.3 is 10.2 Å². The van der Waals surface area contributed by atoms with E-state index in [4.69, 9.17) is 11.6 Å². The Kier molecular flexibility index (Phi) is 8.59. The lowest BCUT2D eigenvalue weighted by Crippen LogP contribution is -2.52. The van der Waals surface area contributed by atoms with Crippen LogP contribution in [0.5, 0.6) is 0 Å². The second-order valence-electron chi connectivity index (χ2n) is 6.16. The van der Waals surface area contributed by atoms with Crippen molar-refractivity contribution in [2.24, 2.45) is 4.99 Å². The van der Waals surface area contributed by atoms with Gasteiger partial charge in [0.15, 0.2) is 5.96 Å². The summed E-state index contributed by atoms with van der Waals surface area (Å²) < 4.78 is 0. The maximum atomic E-state index is 6.08. The molecule has 5 nitrogen and oxygen atoms in total.